The zero-order valence-corrected chi connectivity index (χ0v) is 40.0. The molecular formula is C52H58F2N10O5. The number of H-pyrrole nitrogens is 1. The molecule has 12 rings (SSSR count). The number of ether oxygens (including phenoxy) is 1. The van der Waals surface area contributed by atoms with Crippen LogP contribution in [0.2, 0.25) is 0 Å². The van der Waals surface area contributed by atoms with Gasteiger partial charge in [-0.3, -0.25) is 23.4 Å². The van der Waals surface area contributed by atoms with Crippen molar-refractivity contribution < 1.29 is 22.8 Å². The molecule has 17 heteroatoms. The molecular weight excluding hydrogens is 883 g/mol. The molecule has 2 saturated carbocycles. The van der Waals surface area contributed by atoms with E-state index in [4.69, 9.17) is 25.4 Å². The fourth-order valence-corrected chi connectivity index (χ4v) is 11.1. The van der Waals surface area contributed by atoms with E-state index in [1.807, 2.05) is 31.4 Å². The third kappa shape index (κ3) is 7.65. The molecule has 0 spiro atoms. The van der Waals surface area contributed by atoms with Gasteiger partial charge in [0.25, 0.3) is 5.91 Å². The Morgan fingerprint density at radius 2 is 1.75 bits per heavy atom. The van der Waals surface area contributed by atoms with Crippen molar-refractivity contribution in [2.75, 3.05) is 11.9 Å². The first-order valence-corrected chi connectivity index (χ1v) is 24.0. The lowest BCUT2D eigenvalue weighted by atomic mass is 9.76. The molecule has 6 aromatic rings. The average Bonchev–Trinajstić information content (AvgIpc) is 4.09. The number of nitrogens with two attached hydrogens (primary N) is 1. The van der Waals surface area contributed by atoms with Gasteiger partial charge in [-0.25, -0.2) is 23.4 Å². The number of imidazole rings is 1. The number of amides is 1. The average molecular weight is 941 g/mol. The Morgan fingerprint density at radius 3 is 2.41 bits per heavy atom. The van der Waals surface area contributed by atoms with Gasteiger partial charge in [-0.05, 0) is 137 Å². The van der Waals surface area contributed by atoms with Crippen molar-refractivity contribution in [2.24, 2.45) is 16.6 Å². The molecule has 3 aliphatic heterocycles. The van der Waals surface area contributed by atoms with Crippen LogP contribution in [0.25, 0.3) is 16.6 Å². The van der Waals surface area contributed by atoms with Gasteiger partial charge in [0.05, 0.1) is 28.6 Å². The molecule has 4 fully saturated rings. The lowest BCUT2D eigenvalue weighted by molar-refractivity contribution is -0.0592. The second-order valence-electron chi connectivity index (χ2n) is 19.8. The van der Waals surface area contributed by atoms with Crippen molar-refractivity contribution in [2.45, 2.75) is 129 Å². The number of fused-ring (bicyclic) bond motifs is 2. The van der Waals surface area contributed by atoms with Gasteiger partial charge in [0.15, 0.2) is 11.6 Å². The van der Waals surface area contributed by atoms with Crippen LogP contribution in [0.3, 0.4) is 0 Å². The van der Waals surface area contributed by atoms with E-state index in [1.54, 1.807) is 36.9 Å². The number of nitrogens with one attached hydrogen (secondary N) is 3. The van der Waals surface area contributed by atoms with E-state index in [-0.39, 0.29) is 64.8 Å². The molecule has 2 bridgehead atoms. The van der Waals surface area contributed by atoms with Gasteiger partial charge in [-0.15, -0.1) is 0 Å². The lowest BCUT2D eigenvalue weighted by Crippen LogP contribution is -2.64. The maximum atomic E-state index is 16.3. The number of rotatable bonds is 10. The topological polar surface area (TPSA) is 195 Å². The number of aromatic amines is 1. The summed E-state index contributed by atoms with van der Waals surface area (Å²) in [7, 11) is 0. The molecule has 5 atom stereocenters. The highest BCUT2D eigenvalue weighted by Crippen LogP contribution is 2.56. The highest BCUT2D eigenvalue weighted by atomic mass is 19.1. The minimum Gasteiger partial charge on any atom is -0.402 e. The van der Waals surface area contributed by atoms with E-state index in [2.05, 4.69) is 47.5 Å². The molecule has 5 unspecified atom stereocenters. The fourth-order valence-electron chi connectivity index (χ4n) is 11.1. The number of hydrogen-bond donors (Lipinski definition) is 4. The highest BCUT2D eigenvalue weighted by Gasteiger charge is 2.60. The predicted octanol–water partition coefficient (Wildman–Crippen LogP) is 8.70. The Bertz CT molecular complexity index is 3240. The maximum Gasteiger partial charge on any atom is 0.438 e. The SMILES string of the molecule is CC.Cc1cc(N=C(C2=C(N)CC3CC2N3C(=O)c2cc3cc(C4CCOC(C)(C)C4)ccc3n2C2(c3noc(=O)[nH]3)CC2C)n2ccn(-c3ccc(NC4CC4)c(C=N)c3F)c2=O)cc(C)c1F. The summed E-state index contributed by atoms with van der Waals surface area (Å²) >= 11 is 0. The van der Waals surface area contributed by atoms with Crippen LogP contribution in [0, 0.1) is 36.8 Å². The van der Waals surface area contributed by atoms with E-state index in [9.17, 15) is 9.59 Å². The first-order valence-electron chi connectivity index (χ1n) is 24.0. The molecule has 6 aliphatic rings. The van der Waals surface area contributed by atoms with Gasteiger partial charge in [-0.2, -0.15) is 0 Å². The lowest BCUT2D eigenvalue weighted by Gasteiger charge is -2.53. The van der Waals surface area contributed by atoms with E-state index < -0.39 is 28.8 Å². The molecule has 15 nitrogen and oxygen atoms in total. The van der Waals surface area contributed by atoms with Crippen molar-refractivity contribution in [3.05, 3.63) is 139 Å². The first kappa shape index (κ1) is 45.9. The number of anilines is 1. The molecule has 360 valence electrons. The van der Waals surface area contributed by atoms with E-state index in [0.29, 0.717) is 64.7 Å². The van der Waals surface area contributed by atoms with E-state index >= 15 is 13.6 Å². The Labute approximate surface area is 397 Å². The number of hydrogen-bond acceptors (Lipinski definition) is 10. The monoisotopic (exact) mass is 940 g/mol. The summed E-state index contributed by atoms with van der Waals surface area (Å²) in [6, 6.07) is 13.9. The number of aryl methyl sites for hydroxylation is 2. The third-order valence-electron chi connectivity index (χ3n) is 14.7. The summed E-state index contributed by atoms with van der Waals surface area (Å²) in [5.74, 6) is -1.40. The predicted molar refractivity (Wildman–Crippen MR) is 260 cm³/mol. The number of aliphatic imine (C=N–C) groups is 1. The van der Waals surface area contributed by atoms with Crippen LogP contribution in [0.4, 0.5) is 20.2 Å². The van der Waals surface area contributed by atoms with Crippen LogP contribution in [0.5, 0.6) is 0 Å². The van der Waals surface area contributed by atoms with Gasteiger partial charge in [-0.1, -0.05) is 32.0 Å². The number of benzene rings is 3. The van der Waals surface area contributed by atoms with Gasteiger partial charge < -0.3 is 30.7 Å². The minimum atomic E-state index is -0.876. The maximum absolute atomic E-state index is 16.3. The number of nitrogens with zero attached hydrogens (tertiary/aromatic N) is 6. The molecule has 3 aliphatic carbocycles. The summed E-state index contributed by atoms with van der Waals surface area (Å²) in [6.45, 7) is 14.2. The van der Waals surface area contributed by atoms with Crippen molar-refractivity contribution >= 4 is 40.2 Å². The third-order valence-corrected chi connectivity index (χ3v) is 14.7. The number of aromatic nitrogens is 5. The van der Waals surface area contributed by atoms with Gasteiger partial charge in [0.2, 0.25) is 0 Å². The van der Waals surface area contributed by atoms with Crippen LogP contribution < -0.4 is 22.5 Å². The fraction of sp³-hybridized carbons (Fsp3) is 0.423. The molecule has 6 heterocycles. The van der Waals surface area contributed by atoms with Crippen molar-refractivity contribution in [1.82, 2.24) is 28.7 Å². The second kappa shape index (κ2) is 17.0. The largest absolute Gasteiger partial charge is 0.438 e. The van der Waals surface area contributed by atoms with Crippen LogP contribution >= 0.6 is 0 Å². The van der Waals surface area contributed by atoms with Crippen molar-refractivity contribution in [3.8, 4) is 5.69 Å². The Balaban J connectivity index is 0.00000273. The van der Waals surface area contributed by atoms with Gasteiger partial charge >= 0.3 is 11.4 Å². The molecule has 3 aromatic carbocycles. The Hall–Kier alpha value is -6.88. The zero-order chi connectivity index (χ0) is 48.8. The van der Waals surface area contributed by atoms with Crippen molar-refractivity contribution in [1.29, 1.82) is 5.41 Å². The quantitative estimate of drug-likeness (QED) is 0.0774. The Morgan fingerprint density at radius 1 is 1.01 bits per heavy atom. The molecule has 69 heavy (non-hydrogen) atoms. The second-order valence-corrected chi connectivity index (χ2v) is 19.8. The number of halogens is 2. The number of carbonyl (C=O) groups is 1. The number of carbonyl (C=O) groups excluding carboxylic acids is 1. The molecule has 0 radical (unpaired) electrons. The summed E-state index contributed by atoms with van der Waals surface area (Å²) in [5, 5.41) is 16.3. The van der Waals surface area contributed by atoms with Gasteiger partial charge in [0, 0.05) is 71.6 Å². The van der Waals surface area contributed by atoms with Crippen LogP contribution in [-0.2, 0) is 10.3 Å². The molecule has 5 N–H and O–H groups in total. The zero-order valence-electron chi connectivity index (χ0n) is 40.0. The van der Waals surface area contributed by atoms with Crippen LogP contribution in [0.1, 0.15) is 124 Å². The normalized spacial score (nSPS) is 23.9. The summed E-state index contributed by atoms with van der Waals surface area (Å²) < 4.78 is 46.9. The van der Waals surface area contributed by atoms with Crippen LogP contribution in [-0.4, -0.2) is 77.0 Å². The molecule has 1 amide bonds. The van der Waals surface area contributed by atoms with Crippen LogP contribution in [0.15, 0.2) is 91.3 Å². The summed E-state index contributed by atoms with van der Waals surface area (Å²) in [5.41, 5.74) is 9.87. The summed E-state index contributed by atoms with van der Waals surface area (Å²) in [4.78, 5) is 52.3. The van der Waals surface area contributed by atoms with Gasteiger partial charge in [0.1, 0.15) is 22.9 Å². The Kier molecular flexibility index (Phi) is 11.3. The van der Waals surface area contributed by atoms with E-state index in [1.165, 1.54) is 23.0 Å². The van der Waals surface area contributed by atoms with Crippen molar-refractivity contribution in [3.63, 3.8) is 0 Å². The van der Waals surface area contributed by atoms with E-state index in [0.717, 1.165) is 52.9 Å². The molecule has 2 saturated heterocycles. The molecule has 3 aromatic heterocycles. The first-order chi connectivity index (χ1) is 33.1. The smallest absolute Gasteiger partial charge is 0.402 e. The summed E-state index contributed by atoms with van der Waals surface area (Å²) in [6.07, 6.45) is 8.86. The standard InChI is InChI=1S/C50H52F2N10O5.C2H6/c1-25-16-32(17-26(2)42(25)51)56-44(60-14-13-59(48(60)65)38-11-9-36(55-31-7-8-31)34(24-53)43(38)52)41-35(54)20-33-21-39(41)61(33)45(63)40-19-30-18-28(29-12-15-66-49(4,5)23-29)6-10-37(30)62(40)50(22-27(50)3)46-57-47(64)67-58-46;1-2/h6,9-11,13-14,16-19,24,27,29,31,33,39,53,55H,7-8,12,15,20-23,54H2,1-5H3,(H,57,58,64);1-2H3. The minimum absolute atomic E-state index is 0.0174. The highest BCUT2D eigenvalue weighted by molar-refractivity contribution is 6.06.